The number of carbonyl (C=O) groups is 1. The minimum Gasteiger partial charge on any atom is -0.487 e. The van der Waals surface area contributed by atoms with Gasteiger partial charge in [-0.1, -0.05) is 12.1 Å². The lowest BCUT2D eigenvalue weighted by atomic mass is 10.1. The lowest BCUT2D eigenvalue weighted by molar-refractivity contribution is 0.0698. The molecule has 0 radical (unpaired) electrons. The van der Waals surface area contributed by atoms with Gasteiger partial charge in [-0.25, -0.2) is 9.18 Å². The molecule has 1 N–H and O–H groups in total. The molecule has 0 saturated carbocycles. The zero-order valence-electron chi connectivity index (χ0n) is 11.9. The monoisotopic (exact) mass is 299 g/mol. The van der Waals surface area contributed by atoms with E-state index in [1.54, 1.807) is 31.3 Å². The highest BCUT2D eigenvalue weighted by Crippen LogP contribution is 2.24. The van der Waals surface area contributed by atoms with Gasteiger partial charge in [0.05, 0.1) is 16.8 Å². The van der Waals surface area contributed by atoms with Crippen LogP contribution in [0.1, 0.15) is 16.1 Å². The summed E-state index contributed by atoms with van der Waals surface area (Å²) in [5.41, 5.74) is 1.76. The van der Waals surface area contributed by atoms with Crippen LogP contribution in [0.5, 0.6) is 5.75 Å². The van der Waals surface area contributed by atoms with Gasteiger partial charge in [0, 0.05) is 12.4 Å². The van der Waals surface area contributed by atoms with Gasteiger partial charge in [0.15, 0.2) is 0 Å². The molecule has 112 valence electrons. The number of carboxylic acid groups (broad SMARTS) is 1. The number of fused-ring (bicyclic) bond motifs is 1. The standard InChI is InChI=1S/C17H14FNO3/c1-19-13(10-22-14-7-5-12(18)6-8-14)9-11-3-2-4-15(16(11)19)17(20)21/h2-9H,10H2,1H3,(H,20,21). The van der Waals surface area contributed by atoms with Gasteiger partial charge in [-0.2, -0.15) is 0 Å². The summed E-state index contributed by atoms with van der Waals surface area (Å²) in [4.78, 5) is 11.3. The number of ether oxygens (including phenoxy) is 1. The summed E-state index contributed by atoms with van der Waals surface area (Å²) < 4.78 is 20.3. The highest BCUT2D eigenvalue weighted by atomic mass is 19.1. The number of halogens is 1. The van der Waals surface area contributed by atoms with Crippen LogP contribution < -0.4 is 4.74 Å². The van der Waals surface area contributed by atoms with Gasteiger partial charge in [-0.15, -0.1) is 0 Å². The van der Waals surface area contributed by atoms with Gasteiger partial charge in [0.1, 0.15) is 18.2 Å². The number of benzene rings is 2. The summed E-state index contributed by atoms with van der Waals surface area (Å²) in [6.07, 6.45) is 0. The summed E-state index contributed by atoms with van der Waals surface area (Å²) in [5.74, 6) is -0.717. The Morgan fingerprint density at radius 2 is 1.95 bits per heavy atom. The van der Waals surface area contributed by atoms with Crippen LogP contribution in [0.4, 0.5) is 4.39 Å². The highest BCUT2D eigenvalue weighted by molar-refractivity contribution is 6.02. The van der Waals surface area contributed by atoms with Gasteiger partial charge < -0.3 is 14.4 Å². The number of aryl methyl sites for hydroxylation is 1. The van der Waals surface area contributed by atoms with Crippen LogP contribution in [-0.4, -0.2) is 15.6 Å². The van der Waals surface area contributed by atoms with E-state index in [0.717, 1.165) is 11.1 Å². The molecule has 5 heteroatoms. The first-order valence-corrected chi connectivity index (χ1v) is 6.75. The molecule has 0 atom stereocenters. The van der Waals surface area contributed by atoms with Crippen molar-refractivity contribution in [2.45, 2.75) is 6.61 Å². The molecule has 0 aliphatic carbocycles. The molecule has 0 aliphatic rings. The maximum absolute atomic E-state index is 12.9. The Balaban J connectivity index is 1.91. The van der Waals surface area contributed by atoms with E-state index in [1.807, 2.05) is 16.7 Å². The molecule has 0 saturated heterocycles. The van der Waals surface area contributed by atoms with Crippen molar-refractivity contribution in [2.75, 3.05) is 0 Å². The lowest BCUT2D eigenvalue weighted by Crippen LogP contribution is -2.05. The molecule has 3 rings (SSSR count). The number of nitrogens with zero attached hydrogens (tertiary/aromatic N) is 1. The molecule has 22 heavy (non-hydrogen) atoms. The number of hydrogen-bond donors (Lipinski definition) is 1. The first-order valence-electron chi connectivity index (χ1n) is 6.75. The van der Waals surface area contributed by atoms with Crippen molar-refractivity contribution in [1.82, 2.24) is 4.57 Å². The first-order chi connectivity index (χ1) is 10.6. The van der Waals surface area contributed by atoms with Gasteiger partial charge in [-0.3, -0.25) is 0 Å². The van der Waals surface area contributed by atoms with Crippen molar-refractivity contribution in [2.24, 2.45) is 7.05 Å². The zero-order valence-corrected chi connectivity index (χ0v) is 11.9. The van der Waals surface area contributed by atoms with Crippen molar-refractivity contribution < 1.29 is 19.0 Å². The van der Waals surface area contributed by atoms with Crippen LogP contribution in [0.25, 0.3) is 10.9 Å². The molecule has 4 nitrogen and oxygen atoms in total. The highest BCUT2D eigenvalue weighted by Gasteiger charge is 2.14. The average Bonchev–Trinajstić information content (AvgIpc) is 2.83. The van der Waals surface area contributed by atoms with Gasteiger partial charge >= 0.3 is 5.97 Å². The van der Waals surface area contributed by atoms with Crippen LogP contribution in [0, 0.1) is 5.82 Å². The summed E-state index contributed by atoms with van der Waals surface area (Å²) in [6, 6.07) is 12.8. The quantitative estimate of drug-likeness (QED) is 0.801. The molecular formula is C17H14FNO3. The fourth-order valence-corrected chi connectivity index (χ4v) is 2.47. The predicted octanol–water partition coefficient (Wildman–Crippen LogP) is 3.59. The van der Waals surface area contributed by atoms with E-state index >= 15 is 0 Å². The normalized spacial score (nSPS) is 10.8. The predicted molar refractivity (Wildman–Crippen MR) is 80.6 cm³/mol. The largest absolute Gasteiger partial charge is 0.487 e. The van der Waals surface area contributed by atoms with Crippen molar-refractivity contribution in [3.05, 3.63) is 65.6 Å². The average molecular weight is 299 g/mol. The smallest absolute Gasteiger partial charge is 0.337 e. The minimum atomic E-state index is -0.960. The van der Waals surface area contributed by atoms with E-state index in [1.165, 1.54) is 12.1 Å². The Morgan fingerprint density at radius 1 is 1.23 bits per heavy atom. The molecular weight excluding hydrogens is 285 g/mol. The van der Waals surface area contributed by atoms with Gasteiger partial charge in [0.2, 0.25) is 0 Å². The number of carboxylic acids is 1. The van der Waals surface area contributed by atoms with E-state index in [2.05, 4.69) is 0 Å². The van der Waals surface area contributed by atoms with Crippen molar-refractivity contribution in [1.29, 1.82) is 0 Å². The van der Waals surface area contributed by atoms with Crippen LogP contribution in [0.2, 0.25) is 0 Å². The summed E-state index contributed by atoms with van der Waals surface area (Å²) in [6.45, 7) is 0.274. The molecule has 3 aromatic rings. The Morgan fingerprint density at radius 3 is 2.64 bits per heavy atom. The van der Waals surface area contributed by atoms with Crippen molar-refractivity contribution in [3.63, 3.8) is 0 Å². The summed E-state index contributed by atoms with van der Waals surface area (Å²) in [7, 11) is 1.80. The maximum atomic E-state index is 12.9. The van der Waals surface area contributed by atoms with Crippen LogP contribution >= 0.6 is 0 Å². The molecule has 0 fully saturated rings. The number of aromatic nitrogens is 1. The van der Waals surface area contributed by atoms with Gasteiger partial charge in [-0.05, 0) is 36.4 Å². The van der Waals surface area contributed by atoms with E-state index in [9.17, 15) is 14.3 Å². The number of hydrogen-bond acceptors (Lipinski definition) is 2. The number of para-hydroxylation sites is 1. The third-order valence-corrected chi connectivity index (χ3v) is 3.59. The maximum Gasteiger partial charge on any atom is 0.337 e. The molecule has 0 bridgehead atoms. The summed E-state index contributed by atoms with van der Waals surface area (Å²) in [5, 5.41) is 10.1. The molecule has 0 spiro atoms. The molecule has 0 amide bonds. The van der Waals surface area contributed by atoms with E-state index < -0.39 is 5.97 Å². The second-order valence-corrected chi connectivity index (χ2v) is 4.99. The van der Waals surface area contributed by atoms with E-state index in [0.29, 0.717) is 11.3 Å². The van der Waals surface area contributed by atoms with Crippen LogP contribution in [-0.2, 0) is 13.7 Å². The zero-order chi connectivity index (χ0) is 15.7. The number of rotatable bonds is 4. The fourth-order valence-electron chi connectivity index (χ4n) is 2.47. The van der Waals surface area contributed by atoms with Crippen molar-refractivity contribution >= 4 is 16.9 Å². The van der Waals surface area contributed by atoms with Crippen LogP contribution in [0.15, 0.2) is 48.5 Å². The molecule has 2 aromatic carbocycles. The van der Waals surface area contributed by atoms with Gasteiger partial charge in [0.25, 0.3) is 0 Å². The second kappa shape index (κ2) is 5.52. The Bertz CT molecular complexity index is 837. The Kier molecular flexibility index (Phi) is 3.55. The van der Waals surface area contributed by atoms with E-state index in [-0.39, 0.29) is 18.0 Å². The minimum absolute atomic E-state index is 0.257. The number of aromatic carboxylic acids is 1. The SMILES string of the molecule is Cn1c(COc2ccc(F)cc2)cc2cccc(C(=O)O)c21. The van der Waals surface area contributed by atoms with Crippen LogP contribution in [0.3, 0.4) is 0 Å². The van der Waals surface area contributed by atoms with Crippen molar-refractivity contribution in [3.8, 4) is 5.75 Å². The second-order valence-electron chi connectivity index (χ2n) is 4.99. The fraction of sp³-hybridized carbons (Fsp3) is 0.118. The Labute approximate surface area is 126 Å². The Hall–Kier alpha value is -2.82. The molecule has 0 aliphatic heterocycles. The lowest BCUT2D eigenvalue weighted by Gasteiger charge is -2.08. The summed E-state index contributed by atoms with van der Waals surface area (Å²) >= 11 is 0. The third-order valence-electron chi connectivity index (χ3n) is 3.59. The molecule has 1 heterocycles. The van der Waals surface area contributed by atoms with E-state index in [4.69, 9.17) is 4.74 Å². The molecule has 1 aromatic heterocycles. The molecule has 0 unspecified atom stereocenters. The topological polar surface area (TPSA) is 51.5 Å². The first kappa shape index (κ1) is 14.1. The third kappa shape index (κ3) is 2.53.